The molecular weight excluding hydrogens is 258 g/mol. The predicted molar refractivity (Wildman–Crippen MR) is 75.7 cm³/mol. The molecule has 0 saturated carbocycles. The summed E-state index contributed by atoms with van der Waals surface area (Å²) in [5.41, 5.74) is 0. The van der Waals surface area contributed by atoms with Gasteiger partial charge in [0, 0.05) is 32.7 Å². The molecule has 2 fully saturated rings. The SMILES string of the molecule is CCN1CCC(N(C)C(=O)N2CCC[C@H]2C(=O)O)CC1. The molecule has 0 radical (unpaired) electrons. The maximum atomic E-state index is 12.5. The lowest BCUT2D eigenvalue weighted by atomic mass is 10.0. The molecule has 0 aromatic rings. The van der Waals surface area contributed by atoms with E-state index < -0.39 is 12.0 Å². The van der Waals surface area contributed by atoms with Crippen LogP contribution in [0.25, 0.3) is 0 Å². The minimum Gasteiger partial charge on any atom is -0.480 e. The Morgan fingerprint density at radius 1 is 1.20 bits per heavy atom. The van der Waals surface area contributed by atoms with Crippen molar-refractivity contribution in [2.75, 3.05) is 33.2 Å². The monoisotopic (exact) mass is 283 g/mol. The molecule has 0 aromatic heterocycles. The number of likely N-dealkylation sites (tertiary alicyclic amines) is 2. The lowest BCUT2D eigenvalue weighted by Gasteiger charge is -2.38. The van der Waals surface area contributed by atoms with Crippen molar-refractivity contribution < 1.29 is 14.7 Å². The molecule has 2 saturated heterocycles. The van der Waals surface area contributed by atoms with E-state index in [2.05, 4.69) is 11.8 Å². The highest BCUT2D eigenvalue weighted by Crippen LogP contribution is 2.22. The number of rotatable bonds is 3. The summed E-state index contributed by atoms with van der Waals surface area (Å²) in [4.78, 5) is 29.3. The Morgan fingerprint density at radius 2 is 1.85 bits per heavy atom. The molecule has 0 unspecified atom stereocenters. The minimum atomic E-state index is -0.884. The number of carbonyl (C=O) groups is 2. The number of carboxylic acids is 1. The number of nitrogens with zero attached hydrogens (tertiary/aromatic N) is 3. The Hall–Kier alpha value is -1.30. The first-order chi connectivity index (χ1) is 9.54. The summed E-state index contributed by atoms with van der Waals surface area (Å²) in [7, 11) is 1.81. The van der Waals surface area contributed by atoms with Crippen molar-refractivity contribution in [3.05, 3.63) is 0 Å². The van der Waals surface area contributed by atoms with Gasteiger partial charge in [-0.05, 0) is 32.2 Å². The molecule has 0 aromatic carbocycles. The highest BCUT2D eigenvalue weighted by Gasteiger charge is 2.37. The number of carbonyl (C=O) groups excluding carboxylic acids is 1. The second-order valence-electron chi connectivity index (χ2n) is 5.75. The van der Waals surface area contributed by atoms with Crippen LogP contribution in [0.1, 0.15) is 32.6 Å². The number of piperidine rings is 1. The molecule has 0 spiro atoms. The number of hydrogen-bond acceptors (Lipinski definition) is 3. The minimum absolute atomic E-state index is 0.121. The largest absolute Gasteiger partial charge is 0.480 e. The first-order valence-electron chi connectivity index (χ1n) is 7.53. The van der Waals surface area contributed by atoms with Crippen LogP contribution in [-0.4, -0.2) is 77.1 Å². The van der Waals surface area contributed by atoms with Crippen LogP contribution in [0.4, 0.5) is 4.79 Å². The molecule has 0 bridgehead atoms. The van der Waals surface area contributed by atoms with Gasteiger partial charge in [-0.15, -0.1) is 0 Å². The fourth-order valence-electron chi connectivity index (χ4n) is 3.23. The summed E-state index contributed by atoms with van der Waals surface area (Å²) in [5, 5.41) is 9.17. The van der Waals surface area contributed by atoms with E-state index in [0.29, 0.717) is 13.0 Å². The van der Waals surface area contributed by atoms with Crippen molar-refractivity contribution in [3.8, 4) is 0 Å². The Labute approximate surface area is 120 Å². The van der Waals surface area contributed by atoms with Crippen molar-refractivity contribution in [3.63, 3.8) is 0 Å². The highest BCUT2D eigenvalue weighted by atomic mass is 16.4. The molecule has 1 atom stereocenters. The summed E-state index contributed by atoms with van der Waals surface area (Å²) in [6, 6.07) is -0.522. The third-order valence-corrected chi connectivity index (χ3v) is 4.64. The molecule has 2 aliphatic heterocycles. The third kappa shape index (κ3) is 3.06. The quantitative estimate of drug-likeness (QED) is 0.841. The smallest absolute Gasteiger partial charge is 0.326 e. The number of urea groups is 1. The van der Waals surface area contributed by atoms with Crippen LogP contribution in [0, 0.1) is 0 Å². The predicted octanol–water partition coefficient (Wildman–Crippen LogP) is 1.07. The van der Waals surface area contributed by atoms with E-state index in [0.717, 1.165) is 38.9 Å². The van der Waals surface area contributed by atoms with Gasteiger partial charge in [0.15, 0.2) is 0 Å². The van der Waals surface area contributed by atoms with Crippen LogP contribution < -0.4 is 0 Å². The van der Waals surface area contributed by atoms with Crippen LogP contribution in [-0.2, 0) is 4.79 Å². The maximum Gasteiger partial charge on any atom is 0.326 e. The van der Waals surface area contributed by atoms with Gasteiger partial charge in [-0.1, -0.05) is 6.92 Å². The summed E-state index contributed by atoms with van der Waals surface area (Å²) in [5.74, 6) is -0.884. The van der Waals surface area contributed by atoms with Gasteiger partial charge in [-0.2, -0.15) is 0 Å². The molecule has 6 heteroatoms. The van der Waals surface area contributed by atoms with E-state index in [-0.39, 0.29) is 12.1 Å². The van der Waals surface area contributed by atoms with Gasteiger partial charge >= 0.3 is 12.0 Å². The van der Waals surface area contributed by atoms with Gasteiger partial charge in [0.05, 0.1) is 0 Å². The van der Waals surface area contributed by atoms with Gasteiger partial charge in [-0.25, -0.2) is 9.59 Å². The summed E-state index contributed by atoms with van der Waals surface area (Å²) >= 11 is 0. The molecule has 20 heavy (non-hydrogen) atoms. The van der Waals surface area contributed by atoms with Crippen molar-refractivity contribution in [2.45, 2.75) is 44.7 Å². The van der Waals surface area contributed by atoms with Crippen LogP contribution in [0.2, 0.25) is 0 Å². The van der Waals surface area contributed by atoms with Crippen molar-refractivity contribution in [1.29, 1.82) is 0 Å². The first kappa shape index (κ1) is 15.1. The molecule has 6 nitrogen and oxygen atoms in total. The Morgan fingerprint density at radius 3 is 2.40 bits per heavy atom. The normalized spacial score (nSPS) is 24.9. The van der Waals surface area contributed by atoms with E-state index in [9.17, 15) is 14.7 Å². The van der Waals surface area contributed by atoms with E-state index in [1.54, 1.807) is 4.90 Å². The van der Waals surface area contributed by atoms with E-state index >= 15 is 0 Å². The zero-order chi connectivity index (χ0) is 14.7. The Balaban J connectivity index is 1.93. The summed E-state index contributed by atoms with van der Waals surface area (Å²) in [6.45, 7) is 5.80. The first-order valence-corrected chi connectivity index (χ1v) is 7.53. The average molecular weight is 283 g/mol. The summed E-state index contributed by atoms with van der Waals surface area (Å²) < 4.78 is 0. The second-order valence-corrected chi connectivity index (χ2v) is 5.75. The lowest BCUT2D eigenvalue weighted by Crippen LogP contribution is -2.52. The van der Waals surface area contributed by atoms with Gasteiger partial charge < -0.3 is 19.8 Å². The molecule has 2 aliphatic rings. The third-order valence-electron chi connectivity index (χ3n) is 4.64. The average Bonchev–Trinajstić information content (AvgIpc) is 2.95. The van der Waals surface area contributed by atoms with E-state index in [4.69, 9.17) is 0 Å². The summed E-state index contributed by atoms with van der Waals surface area (Å²) in [6.07, 6.45) is 3.30. The zero-order valence-corrected chi connectivity index (χ0v) is 12.4. The molecule has 1 N–H and O–H groups in total. The van der Waals surface area contributed by atoms with Gasteiger partial charge in [-0.3, -0.25) is 0 Å². The van der Waals surface area contributed by atoms with Crippen LogP contribution in [0.5, 0.6) is 0 Å². The number of carboxylic acid groups (broad SMARTS) is 1. The molecule has 0 aliphatic carbocycles. The molecule has 2 heterocycles. The van der Waals surface area contributed by atoms with Gasteiger partial charge in [0.2, 0.25) is 0 Å². The number of aliphatic carboxylic acids is 1. The fourth-order valence-corrected chi connectivity index (χ4v) is 3.23. The topological polar surface area (TPSA) is 64.1 Å². The van der Waals surface area contributed by atoms with E-state index in [1.165, 1.54) is 4.90 Å². The molecule has 114 valence electrons. The van der Waals surface area contributed by atoms with E-state index in [1.807, 2.05) is 7.05 Å². The van der Waals surface area contributed by atoms with Crippen molar-refractivity contribution in [2.24, 2.45) is 0 Å². The fraction of sp³-hybridized carbons (Fsp3) is 0.857. The van der Waals surface area contributed by atoms with Crippen molar-refractivity contribution in [1.82, 2.24) is 14.7 Å². The molecular formula is C14H25N3O3. The van der Waals surface area contributed by atoms with Crippen LogP contribution in [0.3, 0.4) is 0 Å². The number of hydrogen-bond donors (Lipinski definition) is 1. The second kappa shape index (κ2) is 6.43. The van der Waals surface area contributed by atoms with Gasteiger partial charge in [0.25, 0.3) is 0 Å². The Bertz CT molecular complexity index is 367. The highest BCUT2D eigenvalue weighted by molar-refractivity contribution is 5.83. The Kier molecular flexibility index (Phi) is 4.86. The van der Waals surface area contributed by atoms with Gasteiger partial charge in [0.1, 0.15) is 6.04 Å². The van der Waals surface area contributed by atoms with Crippen molar-refractivity contribution >= 4 is 12.0 Å². The van der Waals surface area contributed by atoms with Crippen LogP contribution in [0.15, 0.2) is 0 Å². The standard InChI is InChI=1S/C14H25N3O3/c1-3-16-9-6-11(7-10-16)15(2)14(20)17-8-4-5-12(17)13(18)19/h11-12H,3-10H2,1-2H3,(H,18,19)/t12-/m0/s1. The van der Waals surface area contributed by atoms with Crippen LogP contribution >= 0.6 is 0 Å². The molecule has 2 amide bonds. The maximum absolute atomic E-state index is 12.5. The number of amides is 2. The zero-order valence-electron chi connectivity index (χ0n) is 12.4. The molecule has 2 rings (SSSR count). The lowest BCUT2D eigenvalue weighted by molar-refractivity contribution is -0.141.